The molecule has 1 fully saturated rings. The summed E-state index contributed by atoms with van der Waals surface area (Å²) in [4.78, 5) is 30.3. The second kappa shape index (κ2) is 8.36. The highest BCUT2D eigenvalue weighted by atomic mass is 32.2. The van der Waals surface area contributed by atoms with Crippen LogP contribution in [0.15, 0.2) is 41.8 Å². The number of carbonyl (C=O) groups is 2. The van der Waals surface area contributed by atoms with Gasteiger partial charge in [-0.1, -0.05) is 11.8 Å². The zero-order chi connectivity index (χ0) is 20.3. The largest absolute Gasteiger partial charge is 0.338 e. The number of anilines is 1. The molecular formula is C18H22N4O4S2. The molecule has 1 aliphatic rings. The zero-order valence-corrected chi connectivity index (χ0v) is 17.3. The van der Waals surface area contributed by atoms with E-state index in [1.807, 2.05) is 17.8 Å². The number of imidazole rings is 1. The third-order valence-corrected chi connectivity index (χ3v) is 7.41. The van der Waals surface area contributed by atoms with E-state index in [0.29, 0.717) is 17.7 Å². The van der Waals surface area contributed by atoms with Gasteiger partial charge in [0, 0.05) is 43.8 Å². The number of sulfone groups is 1. The minimum Gasteiger partial charge on any atom is -0.338 e. The summed E-state index contributed by atoms with van der Waals surface area (Å²) in [5.74, 6) is -0.0384. The lowest BCUT2D eigenvalue weighted by molar-refractivity contribution is -0.113. The van der Waals surface area contributed by atoms with Gasteiger partial charge in [0.15, 0.2) is 15.0 Å². The monoisotopic (exact) mass is 422 g/mol. The van der Waals surface area contributed by atoms with Gasteiger partial charge < -0.3 is 14.8 Å². The Morgan fingerprint density at radius 2 is 2.04 bits per heavy atom. The maximum Gasteiger partial charge on any atom is 0.253 e. The van der Waals surface area contributed by atoms with E-state index in [0.717, 1.165) is 5.16 Å². The van der Waals surface area contributed by atoms with E-state index < -0.39 is 9.84 Å². The van der Waals surface area contributed by atoms with E-state index in [2.05, 4.69) is 10.3 Å². The molecule has 2 amide bonds. The van der Waals surface area contributed by atoms with Gasteiger partial charge in [0.05, 0.1) is 17.3 Å². The summed E-state index contributed by atoms with van der Waals surface area (Å²) < 4.78 is 25.1. The molecule has 10 heteroatoms. The van der Waals surface area contributed by atoms with E-state index in [9.17, 15) is 18.0 Å². The van der Waals surface area contributed by atoms with Gasteiger partial charge >= 0.3 is 0 Å². The maximum atomic E-state index is 12.6. The van der Waals surface area contributed by atoms with Crippen LogP contribution in [0.5, 0.6) is 0 Å². The summed E-state index contributed by atoms with van der Waals surface area (Å²) in [5, 5.41) is 3.54. The molecule has 1 aromatic carbocycles. The van der Waals surface area contributed by atoms with Crippen molar-refractivity contribution in [1.82, 2.24) is 14.5 Å². The highest BCUT2D eigenvalue weighted by Gasteiger charge is 2.33. The summed E-state index contributed by atoms with van der Waals surface area (Å²) >= 11 is 1.34. The zero-order valence-electron chi connectivity index (χ0n) is 15.7. The molecule has 3 rings (SSSR count). The SMILES string of the molecule is CN(C(=O)c1ccc(NC(=O)CSc2nccn2C)cc1)C1CCS(=O)(=O)C1. The molecule has 0 bridgehead atoms. The number of aryl methyl sites for hydroxylation is 1. The number of nitrogens with zero attached hydrogens (tertiary/aromatic N) is 3. The van der Waals surface area contributed by atoms with Crippen molar-refractivity contribution >= 4 is 39.1 Å². The Hall–Kier alpha value is -2.33. The van der Waals surface area contributed by atoms with Crippen LogP contribution >= 0.6 is 11.8 Å². The number of thioether (sulfide) groups is 1. The van der Waals surface area contributed by atoms with Crippen molar-refractivity contribution < 1.29 is 18.0 Å². The number of nitrogens with one attached hydrogen (secondary N) is 1. The molecule has 1 aliphatic heterocycles. The summed E-state index contributed by atoms with van der Waals surface area (Å²) in [6, 6.07) is 6.29. The van der Waals surface area contributed by atoms with E-state index in [1.54, 1.807) is 37.5 Å². The topological polar surface area (TPSA) is 101 Å². The van der Waals surface area contributed by atoms with Crippen LogP contribution < -0.4 is 5.32 Å². The Kier molecular flexibility index (Phi) is 6.09. The van der Waals surface area contributed by atoms with Gasteiger partial charge in [0.2, 0.25) is 5.91 Å². The Labute approximate surface area is 168 Å². The van der Waals surface area contributed by atoms with Gasteiger partial charge in [0.25, 0.3) is 5.91 Å². The van der Waals surface area contributed by atoms with Gasteiger partial charge in [0.1, 0.15) is 0 Å². The molecule has 150 valence electrons. The van der Waals surface area contributed by atoms with Gasteiger partial charge in [-0.05, 0) is 30.7 Å². The predicted octanol–water partition coefficient (Wildman–Crippen LogP) is 1.41. The number of rotatable bonds is 6. The van der Waals surface area contributed by atoms with Crippen LogP contribution in [0.25, 0.3) is 0 Å². The van der Waals surface area contributed by atoms with Crippen LogP contribution in [-0.2, 0) is 21.7 Å². The van der Waals surface area contributed by atoms with Gasteiger partial charge in [-0.2, -0.15) is 0 Å². The smallest absolute Gasteiger partial charge is 0.253 e. The molecule has 1 aromatic heterocycles. The predicted molar refractivity (Wildman–Crippen MR) is 108 cm³/mol. The van der Waals surface area contributed by atoms with Gasteiger partial charge in [-0.3, -0.25) is 9.59 Å². The van der Waals surface area contributed by atoms with E-state index >= 15 is 0 Å². The molecule has 0 aliphatic carbocycles. The number of carbonyl (C=O) groups excluding carboxylic acids is 2. The first-order valence-corrected chi connectivity index (χ1v) is 11.5. The second-order valence-corrected chi connectivity index (χ2v) is 9.88. The Balaban J connectivity index is 1.54. The molecule has 1 N–H and O–H groups in total. The highest BCUT2D eigenvalue weighted by molar-refractivity contribution is 7.99. The quantitative estimate of drug-likeness (QED) is 0.707. The summed E-state index contributed by atoms with van der Waals surface area (Å²) in [5.41, 5.74) is 1.04. The summed E-state index contributed by atoms with van der Waals surface area (Å²) in [7, 11) is 0.435. The highest BCUT2D eigenvalue weighted by Crippen LogP contribution is 2.20. The molecule has 8 nitrogen and oxygen atoms in total. The molecule has 1 unspecified atom stereocenters. The minimum atomic E-state index is -3.05. The van der Waals surface area contributed by atoms with Crippen LogP contribution in [0.3, 0.4) is 0 Å². The van der Waals surface area contributed by atoms with Crippen molar-refractivity contribution in [3.05, 3.63) is 42.2 Å². The summed E-state index contributed by atoms with van der Waals surface area (Å²) in [6.45, 7) is 0. The molecule has 2 aromatic rings. The first-order valence-electron chi connectivity index (χ1n) is 8.73. The van der Waals surface area contributed by atoms with Crippen molar-refractivity contribution in [3.8, 4) is 0 Å². The lowest BCUT2D eigenvalue weighted by atomic mass is 10.1. The Morgan fingerprint density at radius 1 is 1.32 bits per heavy atom. The molecule has 1 saturated heterocycles. The van der Waals surface area contributed by atoms with E-state index in [-0.39, 0.29) is 35.1 Å². The van der Waals surface area contributed by atoms with Crippen molar-refractivity contribution in [2.75, 3.05) is 29.6 Å². The Morgan fingerprint density at radius 3 is 2.61 bits per heavy atom. The molecule has 1 atom stereocenters. The first-order chi connectivity index (χ1) is 13.2. The van der Waals surface area contributed by atoms with E-state index in [4.69, 9.17) is 0 Å². The van der Waals surface area contributed by atoms with Crippen molar-refractivity contribution in [3.63, 3.8) is 0 Å². The number of benzene rings is 1. The van der Waals surface area contributed by atoms with Crippen LogP contribution in [0.2, 0.25) is 0 Å². The Bertz CT molecular complexity index is 970. The van der Waals surface area contributed by atoms with Crippen LogP contribution in [-0.4, -0.2) is 65.0 Å². The second-order valence-electron chi connectivity index (χ2n) is 6.71. The molecule has 28 heavy (non-hydrogen) atoms. The number of amides is 2. The number of hydrogen-bond donors (Lipinski definition) is 1. The van der Waals surface area contributed by atoms with E-state index in [1.165, 1.54) is 16.7 Å². The minimum absolute atomic E-state index is 0.0110. The van der Waals surface area contributed by atoms with Crippen molar-refractivity contribution in [2.24, 2.45) is 7.05 Å². The number of hydrogen-bond acceptors (Lipinski definition) is 6. The standard InChI is InChI=1S/C18H22N4O4S2/c1-21-9-8-19-18(21)27-11-16(23)20-14-5-3-13(4-6-14)17(24)22(2)15-7-10-28(25,26)12-15/h3-6,8-9,15H,7,10-12H2,1-2H3,(H,20,23). The fourth-order valence-electron chi connectivity index (χ4n) is 2.96. The van der Waals surface area contributed by atoms with Gasteiger partial charge in [-0.25, -0.2) is 13.4 Å². The first kappa shape index (κ1) is 20.4. The average Bonchev–Trinajstić information content (AvgIpc) is 3.24. The number of aromatic nitrogens is 2. The normalized spacial score (nSPS) is 18.0. The third-order valence-electron chi connectivity index (χ3n) is 4.60. The summed E-state index contributed by atoms with van der Waals surface area (Å²) in [6.07, 6.45) is 3.95. The maximum absolute atomic E-state index is 12.6. The fraction of sp³-hybridized carbons (Fsp3) is 0.389. The molecule has 2 heterocycles. The molecule has 0 saturated carbocycles. The van der Waals surface area contributed by atoms with Gasteiger partial charge in [-0.15, -0.1) is 0 Å². The third kappa shape index (κ3) is 4.93. The fourth-order valence-corrected chi connectivity index (χ4v) is 5.47. The lowest BCUT2D eigenvalue weighted by Gasteiger charge is -2.23. The lowest BCUT2D eigenvalue weighted by Crippen LogP contribution is -2.37. The van der Waals surface area contributed by atoms with Crippen molar-refractivity contribution in [1.29, 1.82) is 0 Å². The average molecular weight is 423 g/mol. The van der Waals surface area contributed by atoms with Crippen molar-refractivity contribution in [2.45, 2.75) is 17.6 Å². The molecule has 0 radical (unpaired) electrons. The van der Waals surface area contributed by atoms with Crippen LogP contribution in [0, 0.1) is 0 Å². The molecule has 0 spiro atoms. The van der Waals surface area contributed by atoms with Crippen LogP contribution in [0.1, 0.15) is 16.8 Å². The van der Waals surface area contributed by atoms with Crippen LogP contribution in [0.4, 0.5) is 5.69 Å². The molecular weight excluding hydrogens is 400 g/mol.